The number of fused-ring (bicyclic) bond motifs is 1. The zero-order valence-corrected chi connectivity index (χ0v) is 9.28. The Kier molecular flexibility index (Phi) is 3.13. The van der Waals surface area contributed by atoms with E-state index >= 15 is 0 Å². The third kappa shape index (κ3) is 1.96. The van der Waals surface area contributed by atoms with Gasteiger partial charge in [0.25, 0.3) is 0 Å². The molecule has 0 spiro atoms. The van der Waals surface area contributed by atoms with Gasteiger partial charge in [0.15, 0.2) is 0 Å². The summed E-state index contributed by atoms with van der Waals surface area (Å²) >= 11 is 0. The number of rotatable bonds is 1. The lowest BCUT2D eigenvalue weighted by atomic mass is 9.64. The minimum absolute atomic E-state index is 0.379. The fourth-order valence-corrected chi connectivity index (χ4v) is 3.56. The monoisotopic (exact) mass is 196 g/mol. The van der Waals surface area contributed by atoms with Crippen molar-refractivity contribution in [2.45, 2.75) is 57.5 Å². The molecule has 0 aliphatic heterocycles. The molecule has 4 unspecified atom stereocenters. The van der Waals surface area contributed by atoms with E-state index in [0.717, 1.165) is 24.2 Å². The highest BCUT2D eigenvalue weighted by atomic mass is 14.7. The first-order valence-electron chi connectivity index (χ1n) is 6.21. The maximum Gasteiger partial charge on any atom is 0.00846 e. The molecule has 0 aromatic rings. The van der Waals surface area contributed by atoms with Gasteiger partial charge in [0.05, 0.1) is 0 Å². The Labute approximate surface area is 87.4 Å². The van der Waals surface area contributed by atoms with Gasteiger partial charge in [0.2, 0.25) is 0 Å². The van der Waals surface area contributed by atoms with Crippen LogP contribution in [0.25, 0.3) is 0 Å². The number of hydrogen-bond donors (Lipinski definition) is 2. The zero-order chi connectivity index (χ0) is 10.1. The van der Waals surface area contributed by atoms with Crippen LogP contribution in [0.4, 0.5) is 0 Å². The van der Waals surface area contributed by atoms with E-state index in [0.29, 0.717) is 12.1 Å². The smallest absolute Gasteiger partial charge is 0.00846 e. The molecule has 0 aromatic carbocycles. The molecule has 82 valence electrons. The minimum atomic E-state index is 0.379. The van der Waals surface area contributed by atoms with Crippen molar-refractivity contribution in [2.75, 3.05) is 0 Å². The van der Waals surface area contributed by atoms with Crippen LogP contribution in [0, 0.1) is 17.8 Å². The third-order valence-electron chi connectivity index (χ3n) is 4.46. The Balaban J connectivity index is 1.99. The molecule has 2 nitrogen and oxygen atoms in total. The molecule has 14 heavy (non-hydrogen) atoms. The Bertz CT molecular complexity index is 193. The van der Waals surface area contributed by atoms with Crippen LogP contribution in [0.1, 0.15) is 45.4 Å². The Hall–Kier alpha value is -0.0800. The van der Waals surface area contributed by atoms with E-state index in [1.54, 1.807) is 0 Å². The largest absolute Gasteiger partial charge is 0.328 e. The van der Waals surface area contributed by atoms with Gasteiger partial charge < -0.3 is 11.5 Å². The predicted octanol–water partition coefficient (Wildman–Crippen LogP) is 1.88. The second-order valence-corrected chi connectivity index (χ2v) is 5.41. The van der Waals surface area contributed by atoms with Gasteiger partial charge in [-0.25, -0.2) is 0 Å². The quantitative estimate of drug-likeness (QED) is 0.673. The lowest BCUT2D eigenvalue weighted by molar-refractivity contribution is 0.0980. The van der Waals surface area contributed by atoms with Crippen LogP contribution in [-0.4, -0.2) is 12.1 Å². The van der Waals surface area contributed by atoms with Crippen LogP contribution in [-0.2, 0) is 0 Å². The second-order valence-electron chi connectivity index (χ2n) is 5.41. The Morgan fingerprint density at radius 3 is 2.57 bits per heavy atom. The maximum atomic E-state index is 6.22. The molecule has 0 amide bonds. The highest BCUT2D eigenvalue weighted by molar-refractivity contribution is 4.93. The fourth-order valence-electron chi connectivity index (χ4n) is 3.56. The summed E-state index contributed by atoms with van der Waals surface area (Å²) in [6.45, 7) is 2.31. The van der Waals surface area contributed by atoms with E-state index in [-0.39, 0.29) is 0 Å². The van der Waals surface area contributed by atoms with Gasteiger partial charge in [-0.15, -0.1) is 0 Å². The Morgan fingerprint density at radius 1 is 1.07 bits per heavy atom. The van der Waals surface area contributed by atoms with Gasteiger partial charge in [0, 0.05) is 12.1 Å². The first-order chi connectivity index (χ1) is 6.70. The standard InChI is InChI=1S/C12H24N2/c1-2-8-3-4-9-6-10(13)7-12(14)11(9)5-8/h8-12H,2-7,13-14H2,1H3/t8?,9?,10?,11?,12-/m0/s1. The van der Waals surface area contributed by atoms with E-state index in [1.807, 2.05) is 0 Å². The van der Waals surface area contributed by atoms with Crippen LogP contribution in [0.15, 0.2) is 0 Å². The molecule has 2 heteroatoms. The molecule has 0 bridgehead atoms. The van der Waals surface area contributed by atoms with E-state index in [1.165, 1.54) is 32.1 Å². The van der Waals surface area contributed by atoms with Crippen molar-refractivity contribution in [3.63, 3.8) is 0 Å². The lowest BCUT2D eigenvalue weighted by Gasteiger charge is -2.44. The van der Waals surface area contributed by atoms with Gasteiger partial charge in [-0.1, -0.05) is 19.8 Å². The van der Waals surface area contributed by atoms with Crippen LogP contribution < -0.4 is 11.5 Å². The summed E-state index contributed by atoms with van der Waals surface area (Å²) in [7, 11) is 0. The van der Waals surface area contributed by atoms with E-state index in [2.05, 4.69) is 6.92 Å². The number of hydrogen-bond acceptors (Lipinski definition) is 2. The molecule has 0 radical (unpaired) electrons. The first-order valence-corrected chi connectivity index (χ1v) is 6.21. The van der Waals surface area contributed by atoms with Crippen molar-refractivity contribution in [3.05, 3.63) is 0 Å². The normalized spacial score (nSPS) is 48.6. The summed E-state index contributed by atoms with van der Waals surface area (Å²) in [5.74, 6) is 2.57. The van der Waals surface area contributed by atoms with Gasteiger partial charge in [-0.3, -0.25) is 0 Å². The summed E-state index contributed by atoms with van der Waals surface area (Å²) in [6.07, 6.45) is 7.78. The van der Waals surface area contributed by atoms with Crippen molar-refractivity contribution >= 4 is 0 Å². The summed E-state index contributed by atoms with van der Waals surface area (Å²) in [4.78, 5) is 0. The number of nitrogens with two attached hydrogens (primary N) is 2. The molecule has 2 rings (SSSR count). The van der Waals surface area contributed by atoms with Crippen molar-refractivity contribution in [1.29, 1.82) is 0 Å². The van der Waals surface area contributed by atoms with Gasteiger partial charge in [-0.2, -0.15) is 0 Å². The van der Waals surface area contributed by atoms with E-state index in [9.17, 15) is 0 Å². The maximum absolute atomic E-state index is 6.22. The van der Waals surface area contributed by atoms with Gasteiger partial charge >= 0.3 is 0 Å². The van der Waals surface area contributed by atoms with Gasteiger partial charge in [0.1, 0.15) is 0 Å². The molecule has 4 N–H and O–H groups in total. The first kappa shape index (κ1) is 10.4. The van der Waals surface area contributed by atoms with Crippen LogP contribution in [0.2, 0.25) is 0 Å². The van der Waals surface area contributed by atoms with Gasteiger partial charge in [-0.05, 0) is 43.4 Å². The molecular formula is C12H24N2. The van der Waals surface area contributed by atoms with E-state index < -0.39 is 0 Å². The molecule has 2 saturated carbocycles. The highest BCUT2D eigenvalue weighted by Crippen LogP contribution is 2.42. The molecular weight excluding hydrogens is 172 g/mol. The summed E-state index contributed by atoms with van der Waals surface area (Å²) in [5.41, 5.74) is 12.2. The van der Waals surface area contributed by atoms with Crippen molar-refractivity contribution in [3.8, 4) is 0 Å². The second kappa shape index (κ2) is 4.19. The Morgan fingerprint density at radius 2 is 1.86 bits per heavy atom. The molecule has 2 aliphatic rings. The average Bonchev–Trinajstić information content (AvgIpc) is 2.17. The fraction of sp³-hybridized carbons (Fsp3) is 1.00. The molecule has 5 atom stereocenters. The van der Waals surface area contributed by atoms with Crippen molar-refractivity contribution in [2.24, 2.45) is 29.2 Å². The summed E-state index contributed by atoms with van der Waals surface area (Å²) < 4.78 is 0. The molecule has 2 aliphatic carbocycles. The molecule has 0 heterocycles. The SMILES string of the molecule is CCC1CCC2CC(N)C[C@H](N)C2C1. The van der Waals surface area contributed by atoms with Crippen LogP contribution in [0.5, 0.6) is 0 Å². The minimum Gasteiger partial charge on any atom is -0.328 e. The highest BCUT2D eigenvalue weighted by Gasteiger charge is 2.38. The summed E-state index contributed by atoms with van der Waals surface area (Å²) in [5, 5.41) is 0. The van der Waals surface area contributed by atoms with Crippen LogP contribution in [0.3, 0.4) is 0 Å². The van der Waals surface area contributed by atoms with Crippen molar-refractivity contribution in [1.82, 2.24) is 0 Å². The average molecular weight is 196 g/mol. The predicted molar refractivity (Wildman–Crippen MR) is 59.8 cm³/mol. The molecule has 0 saturated heterocycles. The topological polar surface area (TPSA) is 52.0 Å². The van der Waals surface area contributed by atoms with Crippen LogP contribution >= 0.6 is 0 Å². The molecule has 2 fully saturated rings. The third-order valence-corrected chi connectivity index (χ3v) is 4.46. The zero-order valence-electron chi connectivity index (χ0n) is 9.28. The molecule has 0 aromatic heterocycles. The van der Waals surface area contributed by atoms with Crippen molar-refractivity contribution < 1.29 is 0 Å². The van der Waals surface area contributed by atoms with E-state index in [4.69, 9.17) is 11.5 Å². The summed E-state index contributed by atoms with van der Waals surface area (Å²) in [6, 6.07) is 0.766. The lowest BCUT2D eigenvalue weighted by Crippen LogP contribution is -2.48.